The normalized spacial score (nSPS) is 10.2. The van der Waals surface area contributed by atoms with E-state index in [2.05, 4.69) is 43.8 Å². The van der Waals surface area contributed by atoms with Crippen molar-refractivity contribution in [1.29, 1.82) is 0 Å². The van der Waals surface area contributed by atoms with E-state index in [0.29, 0.717) is 15.7 Å². The number of carboxylic acids is 1. The van der Waals surface area contributed by atoms with Crippen molar-refractivity contribution in [2.75, 3.05) is 5.32 Å². The van der Waals surface area contributed by atoms with Gasteiger partial charge < -0.3 is 10.4 Å². The summed E-state index contributed by atoms with van der Waals surface area (Å²) < 4.78 is 1.35. The third-order valence-corrected chi connectivity index (χ3v) is 5.01. The topological polar surface area (TPSA) is 66.4 Å². The molecule has 4 nitrogen and oxygen atoms in total. The molecule has 0 bridgehead atoms. The molecule has 0 aliphatic heterocycles. The number of halogens is 2. The number of carboxylic acid groups (broad SMARTS) is 1. The maximum Gasteiger partial charge on any atom is 0.336 e. The Balaban J connectivity index is 2.30. The van der Waals surface area contributed by atoms with Crippen LogP contribution in [-0.2, 0) is 0 Å². The van der Waals surface area contributed by atoms with Crippen LogP contribution in [0.5, 0.6) is 0 Å². The van der Waals surface area contributed by atoms with Crippen LogP contribution in [0.25, 0.3) is 0 Å². The Morgan fingerprint density at radius 2 is 1.90 bits per heavy atom. The highest BCUT2D eigenvalue weighted by Crippen LogP contribution is 2.23. The van der Waals surface area contributed by atoms with Crippen LogP contribution in [-0.4, -0.2) is 17.0 Å². The standard InChI is InChI=1S/C15H11BrINO3/c1-8-3-2-4-10(13(8)17)14(19)18-9-5-6-12(16)11(7-9)15(20)21/h2-7H,1H3,(H,18,19)(H,20,21). The number of rotatable bonds is 3. The maximum atomic E-state index is 12.3. The van der Waals surface area contributed by atoms with Crippen molar-refractivity contribution >= 4 is 56.1 Å². The average molecular weight is 460 g/mol. The first-order chi connectivity index (χ1) is 9.90. The second kappa shape index (κ2) is 6.57. The molecular weight excluding hydrogens is 449 g/mol. The van der Waals surface area contributed by atoms with Crippen LogP contribution in [0.2, 0.25) is 0 Å². The quantitative estimate of drug-likeness (QED) is 0.672. The lowest BCUT2D eigenvalue weighted by atomic mass is 10.1. The van der Waals surface area contributed by atoms with Crippen molar-refractivity contribution in [3.05, 3.63) is 61.1 Å². The summed E-state index contributed by atoms with van der Waals surface area (Å²) in [6.07, 6.45) is 0. The molecule has 0 aliphatic carbocycles. The zero-order valence-corrected chi connectivity index (χ0v) is 14.7. The summed E-state index contributed by atoms with van der Waals surface area (Å²) in [6.45, 7) is 1.93. The van der Waals surface area contributed by atoms with Crippen molar-refractivity contribution in [3.8, 4) is 0 Å². The van der Waals surface area contributed by atoms with Crippen LogP contribution >= 0.6 is 38.5 Å². The fourth-order valence-corrected chi connectivity index (χ4v) is 2.81. The van der Waals surface area contributed by atoms with Crippen molar-refractivity contribution in [3.63, 3.8) is 0 Å². The largest absolute Gasteiger partial charge is 0.478 e. The van der Waals surface area contributed by atoms with E-state index in [1.165, 1.54) is 6.07 Å². The van der Waals surface area contributed by atoms with Gasteiger partial charge in [-0.1, -0.05) is 12.1 Å². The highest BCUT2D eigenvalue weighted by atomic mass is 127. The van der Waals surface area contributed by atoms with E-state index in [9.17, 15) is 9.59 Å². The van der Waals surface area contributed by atoms with E-state index in [1.807, 2.05) is 19.1 Å². The minimum absolute atomic E-state index is 0.103. The van der Waals surface area contributed by atoms with Crippen LogP contribution in [0, 0.1) is 10.5 Å². The molecule has 2 N–H and O–H groups in total. The molecule has 0 spiro atoms. The first-order valence-corrected chi connectivity index (χ1v) is 7.86. The van der Waals surface area contributed by atoms with Gasteiger partial charge in [0.05, 0.1) is 11.1 Å². The van der Waals surface area contributed by atoms with Crippen LogP contribution < -0.4 is 5.32 Å². The van der Waals surface area contributed by atoms with Crippen molar-refractivity contribution in [1.82, 2.24) is 0 Å². The summed E-state index contributed by atoms with van der Waals surface area (Å²) in [7, 11) is 0. The number of hydrogen-bond donors (Lipinski definition) is 2. The molecule has 0 aromatic heterocycles. The molecule has 0 radical (unpaired) electrons. The molecule has 6 heteroatoms. The molecule has 0 fully saturated rings. The molecule has 2 aromatic rings. The number of carbonyl (C=O) groups is 2. The Morgan fingerprint density at radius 3 is 2.57 bits per heavy atom. The van der Waals surface area contributed by atoms with Gasteiger partial charge in [0.25, 0.3) is 5.91 Å². The third kappa shape index (κ3) is 3.62. The molecule has 0 atom stereocenters. The fraction of sp³-hybridized carbons (Fsp3) is 0.0667. The number of hydrogen-bond acceptors (Lipinski definition) is 2. The van der Waals surface area contributed by atoms with Crippen molar-refractivity contribution < 1.29 is 14.7 Å². The number of carbonyl (C=O) groups excluding carboxylic acids is 1. The van der Waals surface area contributed by atoms with E-state index in [1.54, 1.807) is 18.2 Å². The Hall–Kier alpha value is -1.41. The third-order valence-electron chi connectivity index (χ3n) is 2.89. The van der Waals surface area contributed by atoms with Gasteiger partial charge >= 0.3 is 5.97 Å². The van der Waals surface area contributed by atoms with Gasteiger partial charge in [0.1, 0.15) is 0 Å². The molecule has 0 saturated heterocycles. The molecule has 108 valence electrons. The number of aryl methyl sites for hydroxylation is 1. The van der Waals surface area contributed by atoms with E-state index < -0.39 is 5.97 Å². The smallest absolute Gasteiger partial charge is 0.336 e. The van der Waals surface area contributed by atoms with Gasteiger partial charge in [-0.15, -0.1) is 0 Å². The van der Waals surface area contributed by atoms with Crippen LogP contribution in [0.3, 0.4) is 0 Å². The minimum Gasteiger partial charge on any atom is -0.478 e. The summed E-state index contributed by atoms with van der Waals surface area (Å²) in [5.41, 5.74) is 2.13. The summed E-state index contributed by atoms with van der Waals surface area (Å²) in [5, 5.41) is 11.8. The van der Waals surface area contributed by atoms with E-state index in [4.69, 9.17) is 5.11 Å². The predicted molar refractivity (Wildman–Crippen MR) is 93.0 cm³/mol. The lowest BCUT2D eigenvalue weighted by Gasteiger charge is -2.09. The molecule has 0 unspecified atom stereocenters. The highest BCUT2D eigenvalue weighted by molar-refractivity contribution is 14.1. The zero-order chi connectivity index (χ0) is 15.6. The van der Waals surface area contributed by atoms with Gasteiger partial charge in [0.2, 0.25) is 0 Å². The number of aromatic carboxylic acids is 1. The number of amides is 1. The van der Waals surface area contributed by atoms with Gasteiger partial charge in [-0.05, 0) is 75.3 Å². The Morgan fingerprint density at radius 1 is 1.19 bits per heavy atom. The summed E-state index contributed by atoms with van der Waals surface area (Å²) in [6, 6.07) is 10.2. The van der Waals surface area contributed by atoms with Gasteiger partial charge in [-0.2, -0.15) is 0 Å². The number of anilines is 1. The number of nitrogens with one attached hydrogen (secondary N) is 1. The SMILES string of the molecule is Cc1cccc(C(=O)Nc2ccc(Br)c(C(=O)O)c2)c1I. The summed E-state index contributed by atoms with van der Waals surface area (Å²) >= 11 is 5.29. The average Bonchev–Trinajstić information content (AvgIpc) is 2.43. The molecule has 1 amide bonds. The maximum absolute atomic E-state index is 12.3. The lowest BCUT2D eigenvalue weighted by molar-refractivity contribution is 0.0695. The van der Waals surface area contributed by atoms with Gasteiger partial charge in [0, 0.05) is 13.7 Å². The molecule has 0 saturated carbocycles. The molecule has 0 heterocycles. The zero-order valence-electron chi connectivity index (χ0n) is 11.0. The molecule has 2 rings (SSSR count). The molecule has 2 aromatic carbocycles. The first-order valence-electron chi connectivity index (χ1n) is 5.99. The molecule has 21 heavy (non-hydrogen) atoms. The van der Waals surface area contributed by atoms with Crippen molar-refractivity contribution in [2.24, 2.45) is 0 Å². The fourth-order valence-electron chi connectivity index (χ4n) is 1.79. The molecule has 0 aliphatic rings. The van der Waals surface area contributed by atoms with E-state index >= 15 is 0 Å². The minimum atomic E-state index is -1.05. The Bertz CT molecular complexity index is 731. The first kappa shape index (κ1) is 16.0. The second-order valence-electron chi connectivity index (χ2n) is 4.39. The summed E-state index contributed by atoms with van der Waals surface area (Å²) in [5.74, 6) is -1.31. The monoisotopic (exact) mass is 459 g/mol. The van der Waals surface area contributed by atoms with Crippen LogP contribution in [0.15, 0.2) is 40.9 Å². The van der Waals surface area contributed by atoms with Crippen LogP contribution in [0.1, 0.15) is 26.3 Å². The molecular formula is C15H11BrINO3. The highest BCUT2D eigenvalue weighted by Gasteiger charge is 2.14. The Labute approximate surface area is 143 Å². The number of benzene rings is 2. The Kier molecular flexibility index (Phi) is 5.00. The second-order valence-corrected chi connectivity index (χ2v) is 6.32. The van der Waals surface area contributed by atoms with Gasteiger partial charge in [0.15, 0.2) is 0 Å². The van der Waals surface area contributed by atoms with Crippen LogP contribution in [0.4, 0.5) is 5.69 Å². The lowest BCUT2D eigenvalue weighted by Crippen LogP contribution is -2.14. The van der Waals surface area contributed by atoms with E-state index in [0.717, 1.165) is 9.13 Å². The van der Waals surface area contributed by atoms with Gasteiger partial charge in [-0.3, -0.25) is 4.79 Å². The predicted octanol–water partition coefficient (Wildman–Crippen LogP) is 4.31. The van der Waals surface area contributed by atoms with Gasteiger partial charge in [-0.25, -0.2) is 4.79 Å². The van der Waals surface area contributed by atoms with Crippen molar-refractivity contribution in [2.45, 2.75) is 6.92 Å². The van der Waals surface area contributed by atoms with E-state index in [-0.39, 0.29) is 11.5 Å². The summed E-state index contributed by atoms with van der Waals surface area (Å²) in [4.78, 5) is 23.4.